The number of aromatic nitrogens is 2. The van der Waals surface area contributed by atoms with Crippen molar-refractivity contribution < 1.29 is 9.53 Å². The molecule has 0 fully saturated rings. The summed E-state index contributed by atoms with van der Waals surface area (Å²) in [7, 11) is 0. The summed E-state index contributed by atoms with van der Waals surface area (Å²) >= 11 is 0. The summed E-state index contributed by atoms with van der Waals surface area (Å²) in [5.41, 5.74) is 2.40. The lowest BCUT2D eigenvalue weighted by Gasteiger charge is -2.13. The van der Waals surface area contributed by atoms with Gasteiger partial charge in [0.15, 0.2) is 0 Å². The third-order valence-corrected chi connectivity index (χ3v) is 4.85. The minimum Gasteiger partial charge on any atom is -0.491 e. The van der Waals surface area contributed by atoms with Crippen LogP contribution in [0.5, 0.6) is 5.75 Å². The third-order valence-electron chi connectivity index (χ3n) is 4.85. The van der Waals surface area contributed by atoms with E-state index in [1.807, 2.05) is 48.5 Å². The smallest absolute Gasteiger partial charge is 0.246 e. The molecule has 0 radical (unpaired) electrons. The maximum Gasteiger partial charge on any atom is 0.246 e. The second-order valence-electron chi connectivity index (χ2n) is 6.96. The maximum atomic E-state index is 11.9. The highest BCUT2D eigenvalue weighted by molar-refractivity contribution is 5.92. The molecule has 0 bridgehead atoms. The molecule has 29 heavy (non-hydrogen) atoms. The number of carbonyl (C=O) groups excluding carboxylic acids is 1. The van der Waals surface area contributed by atoms with Gasteiger partial charge in [0, 0.05) is 11.0 Å². The highest BCUT2D eigenvalue weighted by Crippen LogP contribution is 2.25. The van der Waals surface area contributed by atoms with Gasteiger partial charge in [0.1, 0.15) is 18.2 Å². The summed E-state index contributed by atoms with van der Waals surface area (Å²) in [5.74, 6) is 1.49. The number of nitrogens with one attached hydrogen (secondary N) is 1. The summed E-state index contributed by atoms with van der Waals surface area (Å²) in [4.78, 5) is 16.6. The molecule has 4 aromatic rings. The van der Waals surface area contributed by atoms with Crippen molar-refractivity contribution in [2.45, 2.75) is 20.0 Å². The largest absolute Gasteiger partial charge is 0.491 e. The fraction of sp³-hybridized carbons (Fsp3) is 0.167. The minimum atomic E-state index is -0.171. The summed E-state index contributed by atoms with van der Waals surface area (Å²) in [5, 5.41) is 5.12. The molecular weight excluding hydrogens is 362 g/mol. The van der Waals surface area contributed by atoms with E-state index in [0.29, 0.717) is 25.3 Å². The zero-order chi connectivity index (χ0) is 20.2. The number of benzene rings is 3. The average molecular weight is 385 g/mol. The van der Waals surface area contributed by atoms with Crippen molar-refractivity contribution >= 4 is 27.7 Å². The molecule has 0 saturated carbocycles. The first-order valence-electron chi connectivity index (χ1n) is 9.62. The number of nitrogens with zero attached hydrogens (tertiary/aromatic N) is 2. The van der Waals surface area contributed by atoms with Crippen molar-refractivity contribution in [3.05, 3.63) is 84.7 Å². The van der Waals surface area contributed by atoms with Crippen LogP contribution in [-0.4, -0.2) is 22.1 Å². The van der Waals surface area contributed by atoms with Crippen molar-refractivity contribution in [2.75, 3.05) is 6.61 Å². The van der Waals surface area contributed by atoms with Gasteiger partial charge in [-0.15, -0.1) is 0 Å². The zero-order valence-corrected chi connectivity index (χ0v) is 16.4. The second kappa shape index (κ2) is 8.19. The molecule has 146 valence electrons. The number of carbonyl (C=O) groups is 1. The number of amides is 1. The van der Waals surface area contributed by atoms with Crippen LogP contribution in [0.25, 0.3) is 21.8 Å². The number of fused-ring (bicyclic) bond motifs is 2. The lowest BCUT2D eigenvalue weighted by atomic mass is 10.1. The van der Waals surface area contributed by atoms with Gasteiger partial charge in [0.05, 0.1) is 24.1 Å². The van der Waals surface area contributed by atoms with Gasteiger partial charge in [-0.3, -0.25) is 4.79 Å². The molecule has 0 aliphatic heterocycles. The molecule has 5 heteroatoms. The fourth-order valence-electron chi connectivity index (χ4n) is 3.39. The van der Waals surface area contributed by atoms with E-state index in [9.17, 15) is 4.79 Å². The molecule has 1 N–H and O–H groups in total. The van der Waals surface area contributed by atoms with Crippen molar-refractivity contribution in [3.8, 4) is 5.75 Å². The van der Waals surface area contributed by atoms with E-state index in [1.54, 1.807) is 6.92 Å². The quantitative estimate of drug-likeness (QED) is 0.478. The van der Waals surface area contributed by atoms with E-state index in [0.717, 1.165) is 33.4 Å². The van der Waals surface area contributed by atoms with Gasteiger partial charge >= 0.3 is 0 Å². The van der Waals surface area contributed by atoms with Gasteiger partial charge < -0.3 is 14.6 Å². The predicted octanol–water partition coefficient (Wildman–Crippen LogP) is 4.46. The Hall–Kier alpha value is -3.60. The SMILES string of the molecule is C=C(C)C(=O)NCc1nc2ccccc2n1CCOc1cccc2ccccc12. The molecule has 4 rings (SSSR count). The first-order valence-corrected chi connectivity index (χ1v) is 9.62. The van der Waals surface area contributed by atoms with Crippen molar-refractivity contribution in [1.82, 2.24) is 14.9 Å². The van der Waals surface area contributed by atoms with Crippen molar-refractivity contribution in [3.63, 3.8) is 0 Å². The molecule has 0 spiro atoms. The molecule has 1 amide bonds. The normalized spacial score (nSPS) is 10.9. The molecule has 3 aromatic carbocycles. The molecule has 0 aliphatic rings. The second-order valence-corrected chi connectivity index (χ2v) is 6.96. The van der Waals surface area contributed by atoms with Crippen molar-refractivity contribution in [1.29, 1.82) is 0 Å². The monoisotopic (exact) mass is 385 g/mol. The van der Waals surface area contributed by atoms with Crippen molar-refractivity contribution in [2.24, 2.45) is 0 Å². The molecule has 5 nitrogen and oxygen atoms in total. The Labute approximate surface area is 169 Å². The van der Waals surface area contributed by atoms with Crippen LogP contribution in [0.3, 0.4) is 0 Å². The van der Waals surface area contributed by atoms with Crippen LogP contribution < -0.4 is 10.1 Å². The molecule has 0 aliphatic carbocycles. The Kier molecular flexibility index (Phi) is 5.29. The Morgan fingerprint density at radius 1 is 1.07 bits per heavy atom. The third kappa shape index (κ3) is 3.99. The number of rotatable bonds is 7. The standard InChI is InChI=1S/C24H23N3O2/c1-17(2)24(28)25-16-23-26-20-11-5-6-12-21(20)27(23)14-15-29-22-13-7-9-18-8-3-4-10-19(18)22/h3-13H,1,14-16H2,2H3,(H,25,28). The maximum absolute atomic E-state index is 11.9. The van der Waals surface area contributed by atoms with Gasteiger partial charge in [0.25, 0.3) is 0 Å². The molecule has 0 atom stereocenters. The molecule has 1 heterocycles. The first-order chi connectivity index (χ1) is 14.1. The highest BCUT2D eigenvalue weighted by atomic mass is 16.5. The minimum absolute atomic E-state index is 0.171. The molecule has 0 unspecified atom stereocenters. The predicted molar refractivity (Wildman–Crippen MR) is 116 cm³/mol. The Balaban J connectivity index is 1.54. The number of hydrogen-bond donors (Lipinski definition) is 1. The summed E-state index contributed by atoms with van der Waals surface area (Å²) in [6, 6.07) is 22.2. The Bertz CT molecular complexity index is 1190. The lowest BCUT2D eigenvalue weighted by molar-refractivity contribution is -0.117. The number of para-hydroxylation sites is 2. The Morgan fingerprint density at radius 2 is 1.83 bits per heavy atom. The van der Waals surface area contributed by atoms with Crippen LogP contribution in [0.2, 0.25) is 0 Å². The highest BCUT2D eigenvalue weighted by Gasteiger charge is 2.12. The van der Waals surface area contributed by atoms with E-state index in [1.165, 1.54) is 0 Å². The topological polar surface area (TPSA) is 56.2 Å². The Morgan fingerprint density at radius 3 is 2.69 bits per heavy atom. The van der Waals surface area contributed by atoms with E-state index in [-0.39, 0.29) is 5.91 Å². The summed E-state index contributed by atoms with van der Waals surface area (Å²) in [6.45, 7) is 6.84. The zero-order valence-electron chi connectivity index (χ0n) is 16.4. The number of imidazole rings is 1. The van der Waals surface area contributed by atoms with Crippen LogP contribution >= 0.6 is 0 Å². The fourth-order valence-corrected chi connectivity index (χ4v) is 3.39. The van der Waals surface area contributed by atoms with E-state index < -0.39 is 0 Å². The summed E-state index contributed by atoms with van der Waals surface area (Å²) < 4.78 is 8.21. The van der Waals surface area contributed by atoms with Crippen LogP contribution in [-0.2, 0) is 17.9 Å². The van der Waals surface area contributed by atoms with Crippen LogP contribution in [0.15, 0.2) is 78.9 Å². The van der Waals surface area contributed by atoms with Crippen LogP contribution in [0.4, 0.5) is 0 Å². The van der Waals surface area contributed by atoms with Crippen LogP contribution in [0.1, 0.15) is 12.7 Å². The van der Waals surface area contributed by atoms with Gasteiger partial charge in [0.2, 0.25) is 5.91 Å². The molecular formula is C24H23N3O2. The first kappa shape index (κ1) is 18.7. The van der Waals surface area contributed by atoms with E-state index in [2.05, 4.69) is 39.6 Å². The summed E-state index contributed by atoms with van der Waals surface area (Å²) in [6.07, 6.45) is 0. The number of hydrogen-bond acceptors (Lipinski definition) is 3. The average Bonchev–Trinajstić information content (AvgIpc) is 3.09. The van der Waals surface area contributed by atoms with Gasteiger partial charge in [-0.05, 0) is 30.5 Å². The van der Waals surface area contributed by atoms with Gasteiger partial charge in [-0.2, -0.15) is 0 Å². The number of ether oxygens (including phenoxy) is 1. The van der Waals surface area contributed by atoms with Gasteiger partial charge in [-0.25, -0.2) is 4.98 Å². The van der Waals surface area contributed by atoms with E-state index >= 15 is 0 Å². The molecule has 0 saturated heterocycles. The molecule has 1 aromatic heterocycles. The van der Waals surface area contributed by atoms with E-state index in [4.69, 9.17) is 4.74 Å². The lowest BCUT2D eigenvalue weighted by Crippen LogP contribution is -2.25. The van der Waals surface area contributed by atoms with Crippen LogP contribution in [0, 0.1) is 0 Å². The van der Waals surface area contributed by atoms with Gasteiger partial charge in [-0.1, -0.05) is 55.1 Å².